The molecule has 2 aliphatic rings. The van der Waals surface area contributed by atoms with Crippen LogP contribution in [0.4, 0.5) is 5.69 Å². The molecule has 2 aliphatic heterocycles. The van der Waals surface area contributed by atoms with E-state index in [0.717, 1.165) is 48.3 Å². The summed E-state index contributed by atoms with van der Waals surface area (Å²) in [6.07, 6.45) is 6.45. The van der Waals surface area contributed by atoms with Crippen LogP contribution in [0.5, 0.6) is 0 Å². The van der Waals surface area contributed by atoms with E-state index in [9.17, 15) is 13.2 Å². The Labute approximate surface area is 184 Å². The minimum absolute atomic E-state index is 0.114. The van der Waals surface area contributed by atoms with Gasteiger partial charge in [0, 0.05) is 42.6 Å². The number of aromatic nitrogens is 2. The summed E-state index contributed by atoms with van der Waals surface area (Å²) in [4.78, 5) is 14.8. The molecule has 8 heteroatoms. The highest BCUT2D eigenvalue weighted by Crippen LogP contribution is 2.30. The number of piperidine rings is 1. The molecular formula is C23H32N4O3S. The van der Waals surface area contributed by atoms with Crippen LogP contribution in [0.1, 0.15) is 54.6 Å². The van der Waals surface area contributed by atoms with Gasteiger partial charge < -0.3 is 10.2 Å². The average Bonchev–Trinajstić information content (AvgIpc) is 3.32. The quantitative estimate of drug-likeness (QED) is 0.766. The molecule has 2 aromatic rings. The summed E-state index contributed by atoms with van der Waals surface area (Å²) < 4.78 is 25.6. The number of nitrogens with one attached hydrogen (secondary N) is 1. The van der Waals surface area contributed by atoms with Gasteiger partial charge in [0.2, 0.25) is 0 Å². The van der Waals surface area contributed by atoms with E-state index in [-0.39, 0.29) is 17.4 Å². The van der Waals surface area contributed by atoms with E-state index >= 15 is 0 Å². The van der Waals surface area contributed by atoms with Gasteiger partial charge in [-0.3, -0.25) is 9.48 Å². The topological polar surface area (TPSA) is 84.3 Å². The molecule has 1 atom stereocenters. The molecule has 31 heavy (non-hydrogen) atoms. The van der Waals surface area contributed by atoms with E-state index < -0.39 is 15.4 Å². The molecule has 0 spiro atoms. The second-order valence-electron chi connectivity index (χ2n) is 9.49. The van der Waals surface area contributed by atoms with Crippen LogP contribution in [-0.4, -0.2) is 53.6 Å². The summed E-state index contributed by atoms with van der Waals surface area (Å²) in [5, 5.41) is 7.84. The Kier molecular flexibility index (Phi) is 5.85. The van der Waals surface area contributed by atoms with Crippen LogP contribution in [0.3, 0.4) is 0 Å². The SMILES string of the molecule is Cc1cc(C(=O)N2CCC(C)CC2)ccc1NCc1cnn([C@@]2(C)CCS(=O)(=O)C2)c1. The van der Waals surface area contributed by atoms with Gasteiger partial charge in [-0.05, 0) is 62.8 Å². The maximum Gasteiger partial charge on any atom is 0.253 e. The van der Waals surface area contributed by atoms with Crippen LogP contribution < -0.4 is 5.32 Å². The van der Waals surface area contributed by atoms with Crippen LogP contribution in [0.25, 0.3) is 0 Å². The van der Waals surface area contributed by atoms with Crippen molar-refractivity contribution >= 4 is 21.4 Å². The lowest BCUT2D eigenvalue weighted by molar-refractivity contribution is 0.0697. The number of nitrogens with zero attached hydrogens (tertiary/aromatic N) is 3. The number of hydrogen-bond donors (Lipinski definition) is 1. The predicted molar refractivity (Wildman–Crippen MR) is 122 cm³/mol. The molecule has 3 heterocycles. The van der Waals surface area contributed by atoms with E-state index in [1.807, 2.05) is 43.1 Å². The van der Waals surface area contributed by atoms with Crippen molar-refractivity contribution in [2.75, 3.05) is 29.9 Å². The van der Waals surface area contributed by atoms with Crippen molar-refractivity contribution in [2.24, 2.45) is 5.92 Å². The van der Waals surface area contributed by atoms with Gasteiger partial charge in [-0.15, -0.1) is 0 Å². The highest BCUT2D eigenvalue weighted by atomic mass is 32.2. The molecule has 0 aliphatic carbocycles. The molecule has 1 aromatic carbocycles. The molecule has 0 saturated carbocycles. The number of rotatable bonds is 5. The second kappa shape index (κ2) is 8.30. The maximum atomic E-state index is 12.8. The standard InChI is InChI=1S/C23H32N4O3S/c1-17-6-9-26(10-7-17)22(28)20-4-5-21(18(2)12-20)24-13-19-14-25-27(15-19)23(3)8-11-31(29,30)16-23/h4-5,12,14-15,17,24H,6-11,13,16H2,1-3H3/t23-/m0/s1. The van der Waals surface area contributed by atoms with E-state index in [1.165, 1.54) is 0 Å². The van der Waals surface area contributed by atoms with Gasteiger partial charge >= 0.3 is 0 Å². The number of hydrogen-bond acceptors (Lipinski definition) is 5. The molecule has 2 saturated heterocycles. The van der Waals surface area contributed by atoms with Gasteiger partial charge in [-0.2, -0.15) is 5.10 Å². The molecule has 0 unspecified atom stereocenters. The number of likely N-dealkylation sites (tertiary alicyclic amines) is 1. The molecule has 4 rings (SSSR count). The van der Waals surface area contributed by atoms with Gasteiger partial charge in [0.25, 0.3) is 5.91 Å². The highest BCUT2D eigenvalue weighted by Gasteiger charge is 2.40. The number of aryl methyl sites for hydroxylation is 1. The Hall–Kier alpha value is -2.35. The lowest BCUT2D eigenvalue weighted by atomic mass is 9.98. The molecule has 168 valence electrons. The average molecular weight is 445 g/mol. The van der Waals surface area contributed by atoms with Crippen LogP contribution in [0.15, 0.2) is 30.6 Å². The molecule has 0 bridgehead atoms. The Morgan fingerprint density at radius 2 is 2.03 bits per heavy atom. The third-order valence-electron chi connectivity index (χ3n) is 6.70. The molecule has 7 nitrogen and oxygen atoms in total. The maximum absolute atomic E-state index is 12.8. The van der Waals surface area contributed by atoms with Crippen molar-refractivity contribution in [1.29, 1.82) is 0 Å². The van der Waals surface area contributed by atoms with Gasteiger partial charge in [0.1, 0.15) is 0 Å². The number of carbonyl (C=O) groups excluding carboxylic acids is 1. The Morgan fingerprint density at radius 3 is 2.68 bits per heavy atom. The largest absolute Gasteiger partial charge is 0.381 e. The van der Waals surface area contributed by atoms with E-state index in [2.05, 4.69) is 17.3 Å². The number of anilines is 1. The molecule has 0 radical (unpaired) electrons. The van der Waals surface area contributed by atoms with Gasteiger partial charge in [0.15, 0.2) is 9.84 Å². The molecule has 1 N–H and O–H groups in total. The lowest BCUT2D eigenvalue weighted by Crippen LogP contribution is -2.37. The summed E-state index contributed by atoms with van der Waals surface area (Å²) in [6.45, 7) is 8.45. The second-order valence-corrected chi connectivity index (χ2v) is 11.7. The van der Waals surface area contributed by atoms with Gasteiger partial charge in [-0.25, -0.2) is 8.42 Å². The number of sulfone groups is 1. The normalized spacial score (nSPS) is 23.8. The van der Waals surface area contributed by atoms with E-state index in [1.54, 1.807) is 10.9 Å². The fourth-order valence-electron chi connectivity index (χ4n) is 4.51. The minimum Gasteiger partial charge on any atom is -0.381 e. The van der Waals surface area contributed by atoms with Gasteiger partial charge in [0.05, 0.1) is 23.2 Å². The first kappa shape index (κ1) is 21.9. The van der Waals surface area contributed by atoms with E-state index in [4.69, 9.17) is 0 Å². The minimum atomic E-state index is -2.98. The summed E-state index contributed by atoms with van der Waals surface area (Å²) in [5.74, 6) is 1.17. The summed E-state index contributed by atoms with van der Waals surface area (Å²) in [7, 11) is -2.98. The first-order valence-electron chi connectivity index (χ1n) is 11.0. The first-order chi connectivity index (χ1) is 14.7. The van der Waals surface area contributed by atoms with Gasteiger partial charge in [-0.1, -0.05) is 6.92 Å². The Morgan fingerprint density at radius 1 is 1.29 bits per heavy atom. The Bertz CT molecular complexity index is 1070. The van der Waals surface area contributed by atoms with Crippen LogP contribution >= 0.6 is 0 Å². The smallest absolute Gasteiger partial charge is 0.253 e. The number of amides is 1. The van der Waals surface area contributed by atoms with Crippen molar-refractivity contribution in [3.05, 3.63) is 47.3 Å². The lowest BCUT2D eigenvalue weighted by Gasteiger charge is -2.30. The fraction of sp³-hybridized carbons (Fsp3) is 0.565. The third-order valence-corrected chi connectivity index (χ3v) is 8.59. The Balaban J connectivity index is 1.38. The van der Waals surface area contributed by atoms with Crippen LogP contribution in [0.2, 0.25) is 0 Å². The number of carbonyl (C=O) groups is 1. The van der Waals surface area contributed by atoms with Crippen LogP contribution in [0, 0.1) is 12.8 Å². The predicted octanol–water partition coefficient (Wildman–Crippen LogP) is 3.21. The zero-order valence-corrected chi connectivity index (χ0v) is 19.4. The van der Waals surface area contributed by atoms with Crippen molar-refractivity contribution in [1.82, 2.24) is 14.7 Å². The molecule has 2 fully saturated rings. The summed E-state index contributed by atoms with van der Waals surface area (Å²) in [6, 6.07) is 5.81. The third kappa shape index (κ3) is 4.79. The van der Waals surface area contributed by atoms with Crippen LogP contribution in [-0.2, 0) is 21.9 Å². The fourth-order valence-corrected chi connectivity index (χ4v) is 6.63. The molecule has 1 aromatic heterocycles. The monoisotopic (exact) mass is 444 g/mol. The molecular weight excluding hydrogens is 412 g/mol. The van der Waals surface area contributed by atoms with Crippen molar-refractivity contribution in [3.8, 4) is 0 Å². The van der Waals surface area contributed by atoms with E-state index in [0.29, 0.717) is 18.9 Å². The zero-order valence-electron chi connectivity index (χ0n) is 18.6. The molecule has 1 amide bonds. The first-order valence-corrected chi connectivity index (χ1v) is 12.9. The van der Waals surface area contributed by atoms with Crippen molar-refractivity contribution < 1.29 is 13.2 Å². The van der Waals surface area contributed by atoms with Crippen molar-refractivity contribution in [2.45, 2.75) is 52.1 Å². The zero-order chi connectivity index (χ0) is 22.2. The van der Waals surface area contributed by atoms with Crippen molar-refractivity contribution in [3.63, 3.8) is 0 Å². The summed E-state index contributed by atoms with van der Waals surface area (Å²) >= 11 is 0. The number of benzene rings is 1. The highest BCUT2D eigenvalue weighted by molar-refractivity contribution is 7.91. The summed E-state index contributed by atoms with van der Waals surface area (Å²) in [5.41, 5.74) is 3.26.